The van der Waals surface area contributed by atoms with Gasteiger partial charge >= 0.3 is 0 Å². The van der Waals surface area contributed by atoms with Gasteiger partial charge in [0, 0.05) is 39.9 Å². The number of aliphatic imine (C=N–C) groups is 1. The zero-order chi connectivity index (χ0) is 16.1. The van der Waals surface area contributed by atoms with Crippen molar-refractivity contribution >= 4 is 5.96 Å². The molecule has 0 spiro atoms. The Morgan fingerprint density at radius 3 is 2.38 bits per heavy atom. The summed E-state index contributed by atoms with van der Waals surface area (Å²) in [6.07, 6.45) is 3.35. The molecule has 0 saturated heterocycles. The lowest BCUT2D eigenvalue weighted by Gasteiger charge is -2.29. The Morgan fingerprint density at radius 2 is 1.81 bits per heavy atom. The SMILES string of the molecule is CCCCOCCCNC(=NC)NCC(C)(C)CN(C)C. The second-order valence-corrected chi connectivity index (χ2v) is 6.57. The third kappa shape index (κ3) is 12.6. The number of nitrogens with one attached hydrogen (secondary N) is 2. The number of ether oxygens (including phenoxy) is 1. The average Bonchev–Trinajstić information content (AvgIpc) is 2.39. The molecule has 5 nitrogen and oxygen atoms in total. The van der Waals surface area contributed by atoms with Crippen molar-refractivity contribution in [1.29, 1.82) is 0 Å². The highest BCUT2D eigenvalue weighted by molar-refractivity contribution is 5.79. The molecule has 0 aromatic carbocycles. The molecule has 0 aliphatic heterocycles. The predicted octanol–water partition coefficient (Wildman–Crippen LogP) is 1.95. The monoisotopic (exact) mass is 300 g/mol. The molecule has 0 bridgehead atoms. The standard InChI is InChI=1S/C16H36N4O/c1-7-8-11-21-12-9-10-18-15(17-4)19-13-16(2,3)14-20(5)6/h7-14H2,1-6H3,(H2,17,18,19). The molecule has 0 saturated carbocycles. The van der Waals surface area contributed by atoms with E-state index < -0.39 is 0 Å². The van der Waals surface area contributed by atoms with Crippen molar-refractivity contribution in [2.45, 2.75) is 40.0 Å². The molecular formula is C16H36N4O. The van der Waals surface area contributed by atoms with Crippen molar-refractivity contribution in [3.63, 3.8) is 0 Å². The first-order valence-corrected chi connectivity index (χ1v) is 8.08. The number of hydrogen-bond donors (Lipinski definition) is 2. The maximum absolute atomic E-state index is 5.54. The van der Waals surface area contributed by atoms with Crippen LogP contribution in [-0.2, 0) is 4.74 Å². The molecule has 0 aromatic heterocycles. The van der Waals surface area contributed by atoms with Crippen LogP contribution in [0.25, 0.3) is 0 Å². The van der Waals surface area contributed by atoms with Crippen LogP contribution in [0, 0.1) is 5.41 Å². The van der Waals surface area contributed by atoms with Crippen LogP contribution in [0.1, 0.15) is 40.0 Å². The fourth-order valence-corrected chi connectivity index (χ4v) is 2.19. The van der Waals surface area contributed by atoms with Crippen LogP contribution in [0.4, 0.5) is 0 Å². The number of guanidine groups is 1. The third-order valence-corrected chi connectivity index (χ3v) is 3.10. The van der Waals surface area contributed by atoms with Crippen molar-refractivity contribution in [1.82, 2.24) is 15.5 Å². The zero-order valence-corrected chi connectivity index (χ0v) is 15.0. The van der Waals surface area contributed by atoms with E-state index in [4.69, 9.17) is 4.74 Å². The van der Waals surface area contributed by atoms with E-state index >= 15 is 0 Å². The summed E-state index contributed by atoms with van der Waals surface area (Å²) in [4.78, 5) is 6.47. The van der Waals surface area contributed by atoms with Gasteiger partial charge in [0.1, 0.15) is 0 Å². The second-order valence-electron chi connectivity index (χ2n) is 6.57. The van der Waals surface area contributed by atoms with Crippen LogP contribution in [-0.4, -0.2) is 64.9 Å². The highest BCUT2D eigenvalue weighted by Gasteiger charge is 2.19. The van der Waals surface area contributed by atoms with Crippen LogP contribution in [0.5, 0.6) is 0 Å². The molecule has 0 heterocycles. The summed E-state index contributed by atoms with van der Waals surface area (Å²) in [6, 6.07) is 0. The molecule has 21 heavy (non-hydrogen) atoms. The van der Waals surface area contributed by atoms with Crippen LogP contribution in [0.3, 0.4) is 0 Å². The van der Waals surface area contributed by atoms with E-state index in [0.29, 0.717) is 0 Å². The molecular weight excluding hydrogens is 264 g/mol. The molecule has 0 atom stereocenters. The Morgan fingerprint density at radius 1 is 1.14 bits per heavy atom. The first-order chi connectivity index (χ1) is 9.91. The number of unbranched alkanes of at least 4 members (excludes halogenated alkanes) is 1. The molecule has 0 fully saturated rings. The minimum Gasteiger partial charge on any atom is -0.381 e. The van der Waals surface area contributed by atoms with Gasteiger partial charge in [0.05, 0.1) is 0 Å². The maximum atomic E-state index is 5.54. The van der Waals surface area contributed by atoms with Crippen LogP contribution in [0.2, 0.25) is 0 Å². The van der Waals surface area contributed by atoms with Gasteiger partial charge in [-0.15, -0.1) is 0 Å². The van der Waals surface area contributed by atoms with E-state index in [1.807, 2.05) is 7.05 Å². The maximum Gasteiger partial charge on any atom is 0.190 e. The number of nitrogens with zero attached hydrogens (tertiary/aromatic N) is 2. The normalized spacial score (nSPS) is 12.8. The van der Waals surface area contributed by atoms with Gasteiger partial charge in [-0.2, -0.15) is 0 Å². The molecule has 0 unspecified atom stereocenters. The second kappa shape index (κ2) is 11.8. The summed E-state index contributed by atoms with van der Waals surface area (Å²) in [5.41, 5.74) is 0.213. The summed E-state index contributed by atoms with van der Waals surface area (Å²) in [7, 11) is 6.02. The molecule has 0 amide bonds. The Bertz CT molecular complexity index is 277. The smallest absolute Gasteiger partial charge is 0.190 e. The quantitative estimate of drug-likeness (QED) is 0.348. The molecule has 0 aliphatic rings. The lowest BCUT2D eigenvalue weighted by molar-refractivity contribution is 0.129. The summed E-state index contributed by atoms with van der Waals surface area (Å²) in [5.74, 6) is 0.871. The van der Waals surface area contributed by atoms with Gasteiger partial charge in [-0.1, -0.05) is 27.2 Å². The van der Waals surface area contributed by atoms with E-state index in [-0.39, 0.29) is 5.41 Å². The van der Waals surface area contributed by atoms with Crippen molar-refractivity contribution in [3.8, 4) is 0 Å². The van der Waals surface area contributed by atoms with Gasteiger partial charge in [0.25, 0.3) is 0 Å². The summed E-state index contributed by atoms with van der Waals surface area (Å²) < 4.78 is 5.54. The van der Waals surface area contributed by atoms with E-state index in [1.54, 1.807) is 0 Å². The molecule has 0 aromatic rings. The van der Waals surface area contributed by atoms with E-state index in [0.717, 1.165) is 51.6 Å². The fraction of sp³-hybridized carbons (Fsp3) is 0.938. The average molecular weight is 300 g/mol. The summed E-state index contributed by atoms with van der Waals surface area (Å²) in [5, 5.41) is 6.73. The van der Waals surface area contributed by atoms with Crippen molar-refractivity contribution in [3.05, 3.63) is 0 Å². The highest BCUT2D eigenvalue weighted by atomic mass is 16.5. The van der Waals surface area contributed by atoms with Gasteiger partial charge in [-0.3, -0.25) is 4.99 Å². The summed E-state index contributed by atoms with van der Waals surface area (Å²) >= 11 is 0. The van der Waals surface area contributed by atoms with Gasteiger partial charge in [-0.25, -0.2) is 0 Å². The Hall–Kier alpha value is -0.810. The Kier molecular flexibility index (Phi) is 11.4. The predicted molar refractivity (Wildman–Crippen MR) is 92.0 cm³/mol. The highest BCUT2D eigenvalue weighted by Crippen LogP contribution is 2.13. The largest absolute Gasteiger partial charge is 0.381 e. The molecule has 0 radical (unpaired) electrons. The van der Waals surface area contributed by atoms with Gasteiger partial charge in [-0.05, 0) is 32.4 Å². The third-order valence-electron chi connectivity index (χ3n) is 3.10. The Labute approximate surface area is 131 Å². The van der Waals surface area contributed by atoms with Crippen LogP contribution < -0.4 is 10.6 Å². The van der Waals surface area contributed by atoms with E-state index in [9.17, 15) is 0 Å². The van der Waals surface area contributed by atoms with E-state index in [2.05, 4.69) is 55.4 Å². The fourth-order valence-electron chi connectivity index (χ4n) is 2.19. The van der Waals surface area contributed by atoms with Crippen LogP contribution >= 0.6 is 0 Å². The molecule has 0 aliphatic carbocycles. The van der Waals surface area contributed by atoms with E-state index in [1.165, 1.54) is 6.42 Å². The lowest BCUT2D eigenvalue weighted by Crippen LogP contribution is -2.45. The molecule has 2 N–H and O–H groups in total. The lowest BCUT2D eigenvalue weighted by atomic mass is 9.93. The number of rotatable bonds is 11. The number of hydrogen-bond acceptors (Lipinski definition) is 3. The van der Waals surface area contributed by atoms with Crippen molar-refractivity contribution in [2.24, 2.45) is 10.4 Å². The zero-order valence-electron chi connectivity index (χ0n) is 15.0. The van der Waals surface area contributed by atoms with Crippen molar-refractivity contribution < 1.29 is 4.74 Å². The van der Waals surface area contributed by atoms with Gasteiger partial charge in [0.15, 0.2) is 5.96 Å². The minimum atomic E-state index is 0.213. The molecule has 126 valence electrons. The molecule has 0 rings (SSSR count). The van der Waals surface area contributed by atoms with Gasteiger partial charge < -0.3 is 20.3 Å². The van der Waals surface area contributed by atoms with Crippen LogP contribution in [0.15, 0.2) is 4.99 Å². The first-order valence-electron chi connectivity index (χ1n) is 8.08. The van der Waals surface area contributed by atoms with Gasteiger partial charge in [0.2, 0.25) is 0 Å². The first kappa shape index (κ1) is 20.2. The topological polar surface area (TPSA) is 48.9 Å². The summed E-state index contributed by atoms with van der Waals surface area (Å²) in [6.45, 7) is 11.2. The minimum absolute atomic E-state index is 0.213. The molecule has 5 heteroatoms. The Balaban J connectivity index is 3.77. The van der Waals surface area contributed by atoms with Crippen molar-refractivity contribution in [2.75, 3.05) is 54.0 Å².